The number of amides is 1. The Labute approximate surface area is 121 Å². The third-order valence-corrected chi connectivity index (χ3v) is 2.73. The summed E-state index contributed by atoms with van der Waals surface area (Å²) in [5, 5.41) is 2.63. The largest absolute Gasteiger partial charge is 0.495 e. The van der Waals surface area contributed by atoms with Crippen molar-refractivity contribution in [3.63, 3.8) is 0 Å². The highest BCUT2D eigenvalue weighted by Gasteiger charge is 2.18. The molecule has 1 aromatic carbocycles. The van der Waals surface area contributed by atoms with Gasteiger partial charge in [0.25, 0.3) is 0 Å². The van der Waals surface area contributed by atoms with E-state index >= 15 is 0 Å². The number of nitrogens with one attached hydrogen (secondary N) is 1. The molecule has 0 heterocycles. The summed E-state index contributed by atoms with van der Waals surface area (Å²) in [6, 6.07) is 3.37. The van der Waals surface area contributed by atoms with Crippen LogP contribution in [0.3, 0.4) is 0 Å². The van der Waals surface area contributed by atoms with E-state index in [0.717, 1.165) is 4.47 Å². The quantitative estimate of drug-likeness (QED) is 0.914. The van der Waals surface area contributed by atoms with Gasteiger partial charge in [-0.25, -0.2) is 4.79 Å². The van der Waals surface area contributed by atoms with E-state index in [0.29, 0.717) is 17.2 Å². The maximum absolute atomic E-state index is 11.7. The van der Waals surface area contributed by atoms with Crippen LogP contribution in [0, 0.1) is 0 Å². The van der Waals surface area contributed by atoms with Gasteiger partial charge in [0.05, 0.1) is 24.4 Å². The molecular weight excluding hydrogens is 314 g/mol. The lowest BCUT2D eigenvalue weighted by atomic mass is 10.2. The summed E-state index contributed by atoms with van der Waals surface area (Å²) in [7, 11) is 3.07. The number of methoxy groups -OCH3 is 2. The number of carbonyl (C=O) groups is 1. The van der Waals surface area contributed by atoms with E-state index in [9.17, 15) is 4.79 Å². The first-order valence-corrected chi connectivity index (χ1v) is 6.47. The predicted octanol–water partition coefficient (Wildman–Crippen LogP) is 3.81. The molecule has 0 bridgehead atoms. The molecule has 0 aliphatic rings. The zero-order valence-corrected chi connectivity index (χ0v) is 13.3. The van der Waals surface area contributed by atoms with Gasteiger partial charge in [0.2, 0.25) is 0 Å². The zero-order valence-electron chi connectivity index (χ0n) is 11.7. The van der Waals surface area contributed by atoms with E-state index in [-0.39, 0.29) is 0 Å². The Kier molecular flexibility index (Phi) is 5.05. The van der Waals surface area contributed by atoms with Crippen molar-refractivity contribution in [1.82, 2.24) is 0 Å². The molecule has 19 heavy (non-hydrogen) atoms. The molecule has 1 N–H and O–H groups in total. The van der Waals surface area contributed by atoms with Crippen LogP contribution in [-0.4, -0.2) is 25.9 Å². The van der Waals surface area contributed by atoms with Crippen LogP contribution < -0.4 is 14.8 Å². The second-order valence-corrected chi connectivity index (χ2v) is 5.67. The highest BCUT2D eigenvalue weighted by atomic mass is 79.9. The van der Waals surface area contributed by atoms with Crippen LogP contribution in [0.1, 0.15) is 20.8 Å². The molecule has 0 unspecified atom stereocenters. The summed E-state index contributed by atoms with van der Waals surface area (Å²) in [5.74, 6) is 1.10. The van der Waals surface area contributed by atoms with Gasteiger partial charge in [-0.15, -0.1) is 0 Å². The molecule has 0 saturated heterocycles. The minimum Gasteiger partial charge on any atom is -0.495 e. The second kappa shape index (κ2) is 6.14. The third kappa shape index (κ3) is 4.63. The lowest BCUT2D eigenvalue weighted by Gasteiger charge is -2.20. The van der Waals surface area contributed by atoms with Crippen LogP contribution in [0.25, 0.3) is 0 Å². The first-order chi connectivity index (χ1) is 8.76. The molecule has 0 aliphatic heterocycles. The number of hydrogen-bond donors (Lipinski definition) is 1. The normalized spacial score (nSPS) is 10.8. The third-order valence-electron chi connectivity index (χ3n) is 2.11. The molecule has 5 nitrogen and oxygen atoms in total. The standard InChI is InChI=1S/C13H18BrNO4/c1-13(2,3)19-12(16)15-9-7-10(17-4)8(14)6-11(9)18-5/h6-7H,1-5H3,(H,15,16). The zero-order chi connectivity index (χ0) is 14.6. The molecule has 0 saturated carbocycles. The second-order valence-electron chi connectivity index (χ2n) is 4.81. The molecule has 0 radical (unpaired) electrons. The molecule has 0 aromatic heterocycles. The number of rotatable bonds is 3. The van der Waals surface area contributed by atoms with Crippen molar-refractivity contribution < 1.29 is 19.0 Å². The van der Waals surface area contributed by atoms with Crippen LogP contribution >= 0.6 is 15.9 Å². The summed E-state index contributed by atoms with van der Waals surface area (Å²) >= 11 is 3.35. The Morgan fingerprint density at radius 1 is 1.16 bits per heavy atom. The molecule has 0 aliphatic carbocycles. The van der Waals surface area contributed by atoms with Crippen molar-refractivity contribution in [2.75, 3.05) is 19.5 Å². The first-order valence-electron chi connectivity index (χ1n) is 5.68. The van der Waals surface area contributed by atoms with Crippen molar-refractivity contribution in [2.45, 2.75) is 26.4 Å². The van der Waals surface area contributed by atoms with Gasteiger partial charge in [0, 0.05) is 12.1 Å². The van der Waals surface area contributed by atoms with Crippen LogP contribution in [0.5, 0.6) is 11.5 Å². The summed E-state index contributed by atoms with van der Waals surface area (Å²) in [4.78, 5) is 11.7. The highest BCUT2D eigenvalue weighted by molar-refractivity contribution is 9.10. The smallest absolute Gasteiger partial charge is 0.412 e. The van der Waals surface area contributed by atoms with E-state index in [1.165, 1.54) is 7.11 Å². The van der Waals surface area contributed by atoms with Crippen molar-refractivity contribution in [2.24, 2.45) is 0 Å². The fourth-order valence-electron chi connectivity index (χ4n) is 1.37. The molecule has 0 spiro atoms. The number of ether oxygens (including phenoxy) is 3. The van der Waals surface area contributed by atoms with Crippen molar-refractivity contribution in [3.05, 3.63) is 16.6 Å². The van der Waals surface area contributed by atoms with Gasteiger partial charge in [0.15, 0.2) is 0 Å². The number of halogens is 1. The molecule has 0 fully saturated rings. The van der Waals surface area contributed by atoms with E-state index in [1.807, 2.05) is 0 Å². The Bertz CT molecular complexity index is 468. The van der Waals surface area contributed by atoms with Gasteiger partial charge < -0.3 is 14.2 Å². The average molecular weight is 332 g/mol. The minimum absolute atomic E-state index is 0.483. The summed E-state index contributed by atoms with van der Waals surface area (Å²) in [6.07, 6.45) is -0.546. The SMILES string of the molecule is COc1cc(NC(=O)OC(C)(C)C)c(OC)cc1Br. The molecule has 1 rings (SSSR count). The van der Waals surface area contributed by atoms with E-state index in [4.69, 9.17) is 14.2 Å². The van der Waals surface area contributed by atoms with Gasteiger partial charge in [-0.05, 0) is 36.7 Å². The Balaban J connectivity index is 2.96. The maximum atomic E-state index is 11.7. The van der Waals surface area contributed by atoms with Gasteiger partial charge in [0.1, 0.15) is 17.1 Å². The molecule has 1 amide bonds. The Morgan fingerprint density at radius 2 is 1.74 bits per heavy atom. The van der Waals surface area contributed by atoms with Gasteiger partial charge >= 0.3 is 6.09 Å². The van der Waals surface area contributed by atoms with E-state index in [1.54, 1.807) is 40.0 Å². The Hall–Kier alpha value is -1.43. The number of carbonyl (C=O) groups excluding carboxylic acids is 1. The van der Waals surface area contributed by atoms with E-state index < -0.39 is 11.7 Å². The topological polar surface area (TPSA) is 56.8 Å². The van der Waals surface area contributed by atoms with Gasteiger partial charge in [-0.2, -0.15) is 0 Å². The Morgan fingerprint density at radius 3 is 2.21 bits per heavy atom. The van der Waals surface area contributed by atoms with Crippen molar-refractivity contribution in [1.29, 1.82) is 0 Å². The lowest BCUT2D eigenvalue weighted by Crippen LogP contribution is -2.27. The predicted molar refractivity (Wildman–Crippen MR) is 77.1 cm³/mol. The molecule has 0 atom stereocenters. The molecular formula is C13H18BrNO4. The van der Waals surface area contributed by atoms with E-state index in [2.05, 4.69) is 21.2 Å². The monoisotopic (exact) mass is 331 g/mol. The number of anilines is 1. The minimum atomic E-state index is -0.559. The molecule has 106 valence electrons. The summed E-state index contributed by atoms with van der Waals surface area (Å²) in [5.41, 5.74) is -0.0756. The van der Waals surface area contributed by atoms with Gasteiger partial charge in [-0.3, -0.25) is 5.32 Å². The average Bonchev–Trinajstić information content (AvgIpc) is 2.28. The first kappa shape index (κ1) is 15.6. The van der Waals surface area contributed by atoms with Crippen molar-refractivity contribution >= 4 is 27.7 Å². The summed E-state index contributed by atoms with van der Waals surface area (Å²) in [6.45, 7) is 5.39. The maximum Gasteiger partial charge on any atom is 0.412 e. The number of hydrogen-bond acceptors (Lipinski definition) is 4. The van der Waals surface area contributed by atoms with Crippen LogP contribution in [0.15, 0.2) is 16.6 Å². The molecule has 6 heteroatoms. The lowest BCUT2D eigenvalue weighted by molar-refractivity contribution is 0.0635. The van der Waals surface area contributed by atoms with Gasteiger partial charge in [-0.1, -0.05) is 0 Å². The van der Waals surface area contributed by atoms with Crippen LogP contribution in [0.4, 0.5) is 10.5 Å². The van der Waals surface area contributed by atoms with Crippen LogP contribution in [-0.2, 0) is 4.74 Å². The fraction of sp³-hybridized carbons (Fsp3) is 0.462. The fourth-order valence-corrected chi connectivity index (χ4v) is 1.86. The number of benzene rings is 1. The van der Waals surface area contributed by atoms with Crippen LogP contribution in [0.2, 0.25) is 0 Å². The van der Waals surface area contributed by atoms with Crippen molar-refractivity contribution in [3.8, 4) is 11.5 Å². The highest BCUT2D eigenvalue weighted by Crippen LogP contribution is 2.36. The molecule has 1 aromatic rings. The summed E-state index contributed by atoms with van der Waals surface area (Å²) < 4.78 is 16.3.